The number of terminal acetylenes is 1. The largest absolute Gasteiger partial charge is 0.485 e. The Hall–Kier alpha value is -3.34. The van der Waals surface area contributed by atoms with Gasteiger partial charge in [0.05, 0.1) is 11.3 Å². The minimum absolute atomic E-state index is 0.0311. The summed E-state index contributed by atoms with van der Waals surface area (Å²) in [6.07, 6.45) is 13.5. The highest BCUT2D eigenvalue weighted by Crippen LogP contribution is 2.42. The maximum absolute atomic E-state index is 11.8. The fraction of sp³-hybridized carbons (Fsp3) is 0.467. The first-order valence-corrected chi connectivity index (χ1v) is 13.4. The first kappa shape index (κ1) is 24.0. The van der Waals surface area contributed by atoms with E-state index in [0.717, 1.165) is 93.5 Å². The molecule has 7 heteroatoms. The molecule has 6 rings (SSSR count). The minimum atomic E-state index is 0.0311. The maximum Gasteiger partial charge on any atom is 0.246 e. The fourth-order valence-corrected chi connectivity index (χ4v) is 6.27. The highest BCUT2D eigenvalue weighted by molar-refractivity contribution is 5.87. The lowest BCUT2D eigenvalue weighted by Gasteiger charge is -2.47. The van der Waals surface area contributed by atoms with Gasteiger partial charge in [0.2, 0.25) is 5.91 Å². The van der Waals surface area contributed by atoms with Crippen LogP contribution in [-0.2, 0) is 16.1 Å². The molecular weight excluding hydrogens is 464 g/mol. The molecule has 37 heavy (non-hydrogen) atoms. The Morgan fingerprint density at radius 2 is 1.95 bits per heavy atom. The third kappa shape index (κ3) is 4.60. The van der Waals surface area contributed by atoms with Crippen LogP contribution in [0.2, 0.25) is 0 Å². The Labute approximate surface area is 218 Å². The molecule has 4 aliphatic rings. The summed E-state index contributed by atoms with van der Waals surface area (Å²) in [6.45, 7) is 9.30. The Bertz CT molecular complexity index is 1230. The van der Waals surface area contributed by atoms with Gasteiger partial charge in [0, 0.05) is 44.1 Å². The van der Waals surface area contributed by atoms with Crippen molar-refractivity contribution in [2.45, 2.75) is 50.2 Å². The van der Waals surface area contributed by atoms with Crippen LogP contribution in [0, 0.1) is 12.3 Å². The summed E-state index contributed by atoms with van der Waals surface area (Å²) in [7, 11) is 0. The fourth-order valence-electron chi connectivity index (χ4n) is 6.27. The van der Waals surface area contributed by atoms with E-state index in [9.17, 15) is 4.79 Å². The van der Waals surface area contributed by atoms with Crippen LogP contribution in [0.4, 0.5) is 11.5 Å². The number of carbonyl (C=O) groups excluding carboxylic acids is 1. The molecule has 2 aromatic rings. The number of anilines is 2. The van der Waals surface area contributed by atoms with Gasteiger partial charge in [-0.05, 0) is 86.0 Å². The van der Waals surface area contributed by atoms with E-state index >= 15 is 0 Å². The first-order valence-electron chi connectivity index (χ1n) is 13.4. The van der Waals surface area contributed by atoms with Crippen LogP contribution in [0.1, 0.15) is 59.8 Å². The second-order valence-electron chi connectivity index (χ2n) is 10.5. The zero-order chi connectivity index (χ0) is 25.4. The topological polar surface area (TPSA) is 66.9 Å². The van der Waals surface area contributed by atoms with Crippen molar-refractivity contribution in [2.75, 3.05) is 44.7 Å². The van der Waals surface area contributed by atoms with E-state index < -0.39 is 0 Å². The number of carbonyl (C=O) groups is 1. The molecule has 3 saturated heterocycles. The minimum Gasteiger partial charge on any atom is -0.485 e. The van der Waals surface area contributed by atoms with Gasteiger partial charge in [0.15, 0.2) is 5.75 Å². The summed E-state index contributed by atoms with van der Waals surface area (Å²) in [5.74, 6) is 5.40. The highest BCUT2D eigenvalue weighted by Gasteiger charge is 2.36. The second-order valence-corrected chi connectivity index (χ2v) is 10.5. The van der Waals surface area contributed by atoms with Crippen molar-refractivity contribution < 1.29 is 14.3 Å². The van der Waals surface area contributed by atoms with E-state index in [0.29, 0.717) is 24.5 Å². The quantitative estimate of drug-likeness (QED) is 0.504. The molecule has 0 aliphatic carbocycles. The lowest BCUT2D eigenvalue weighted by atomic mass is 9.87. The Kier molecular flexibility index (Phi) is 6.62. The van der Waals surface area contributed by atoms with E-state index in [4.69, 9.17) is 15.9 Å². The number of pyridine rings is 1. The van der Waals surface area contributed by atoms with E-state index in [1.54, 1.807) is 0 Å². The zero-order valence-electron chi connectivity index (χ0n) is 21.2. The van der Waals surface area contributed by atoms with Gasteiger partial charge < -0.3 is 19.7 Å². The molecule has 1 aromatic carbocycles. The summed E-state index contributed by atoms with van der Waals surface area (Å²) >= 11 is 0. The Morgan fingerprint density at radius 1 is 1.16 bits per heavy atom. The van der Waals surface area contributed by atoms with Gasteiger partial charge in [-0.15, -0.1) is 6.42 Å². The average molecular weight is 499 g/mol. The summed E-state index contributed by atoms with van der Waals surface area (Å²) in [6, 6.07) is 6.94. The predicted molar refractivity (Wildman–Crippen MR) is 143 cm³/mol. The number of hydrogen-bond acceptors (Lipinski definition) is 6. The smallest absolute Gasteiger partial charge is 0.246 e. The van der Waals surface area contributed by atoms with E-state index in [1.807, 2.05) is 11.1 Å². The number of rotatable bonds is 4. The van der Waals surface area contributed by atoms with Gasteiger partial charge >= 0.3 is 0 Å². The van der Waals surface area contributed by atoms with E-state index in [2.05, 4.69) is 45.9 Å². The molecule has 0 atom stereocenters. The number of ether oxygens (including phenoxy) is 2. The van der Waals surface area contributed by atoms with Gasteiger partial charge in [-0.25, -0.2) is 4.98 Å². The molecule has 5 heterocycles. The standard InChI is InChI=1S/C30H34N4O3/c1-3-20-15-23(21-6-11-33(12-7-21)24-17-34(18-24)28(35)4-2)16-27-29(20)37-19-26-25(5-10-31-30(26)32-27)22-8-13-36-14-9-22/h1,4-5,10,15-16,21-22,24H,2,6-9,11-14,17-19H2,(H,31,32). The number of amides is 1. The number of likely N-dealkylation sites (tertiary alicyclic amines) is 2. The van der Waals surface area contributed by atoms with Crippen LogP contribution in [-0.4, -0.2) is 66.1 Å². The lowest BCUT2D eigenvalue weighted by Crippen LogP contribution is -2.61. The normalized spacial score (nSPS) is 20.9. The van der Waals surface area contributed by atoms with Crippen LogP contribution in [0.15, 0.2) is 37.1 Å². The summed E-state index contributed by atoms with van der Waals surface area (Å²) in [4.78, 5) is 20.9. The number of fused-ring (bicyclic) bond motifs is 2. The molecule has 192 valence electrons. The van der Waals surface area contributed by atoms with Crippen LogP contribution in [0.5, 0.6) is 5.75 Å². The van der Waals surface area contributed by atoms with Gasteiger partial charge in [0.25, 0.3) is 0 Å². The van der Waals surface area contributed by atoms with Crippen LogP contribution < -0.4 is 10.1 Å². The molecule has 3 fully saturated rings. The Balaban J connectivity index is 1.19. The van der Waals surface area contributed by atoms with Crippen LogP contribution >= 0.6 is 0 Å². The number of nitrogens with one attached hydrogen (secondary N) is 1. The van der Waals surface area contributed by atoms with Crippen molar-refractivity contribution in [3.8, 4) is 18.1 Å². The number of piperidine rings is 1. The highest BCUT2D eigenvalue weighted by atomic mass is 16.5. The van der Waals surface area contributed by atoms with Gasteiger partial charge in [-0.2, -0.15) is 0 Å². The zero-order valence-corrected chi connectivity index (χ0v) is 21.2. The van der Waals surface area contributed by atoms with Crippen molar-refractivity contribution in [3.05, 3.63) is 59.3 Å². The molecule has 0 spiro atoms. The molecule has 1 amide bonds. The molecule has 7 nitrogen and oxygen atoms in total. The molecule has 1 aromatic heterocycles. The van der Waals surface area contributed by atoms with Crippen LogP contribution in [0.3, 0.4) is 0 Å². The van der Waals surface area contributed by atoms with Crippen molar-refractivity contribution in [2.24, 2.45) is 0 Å². The molecule has 0 saturated carbocycles. The monoisotopic (exact) mass is 498 g/mol. The molecule has 0 radical (unpaired) electrons. The first-order chi connectivity index (χ1) is 18.1. The van der Waals surface area contributed by atoms with Gasteiger partial charge in [0.1, 0.15) is 12.4 Å². The van der Waals surface area contributed by atoms with Crippen molar-refractivity contribution in [1.82, 2.24) is 14.8 Å². The number of hydrogen-bond donors (Lipinski definition) is 1. The second kappa shape index (κ2) is 10.2. The number of benzene rings is 1. The molecule has 4 aliphatic heterocycles. The van der Waals surface area contributed by atoms with Crippen LogP contribution in [0.25, 0.3) is 0 Å². The lowest BCUT2D eigenvalue weighted by molar-refractivity contribution is -0.133. The predicted octanol–water partition coefficient (Wildman–Crippen LogP) is 4.17. The number of aromatic nitrogens is 1. The number of nitrogens with zero attached hydrogens (tertiary/aromatic N) is 3. The summed E-state index contributed by atoms with van der Waals surface area (Å²) in [5, 5.41) is 3.58. The van der Waals surface area contributed by atoms with Crippen molar-refractivity contribution in [3.63, 3.8) is 0 Å². The maximum atomic E-state index is 11.8. The average Bonchev–Trinajstić information content (AvgIpc) is 3.11. The third-order valence-electron chi connectivity index (χ3n) is 8.50. The Morgan fingerprint density at radius 3 is 2.68 bits per heavy atom. The van der Waals surface area contributed by atoms with E-state index in [-0.39, 0.29) is 5.91 Å². The van der Waals surface area contributed by atoms with Crippen molar-refractivity contribution in [1.29, 1.82) is 0 Å². The van der Waals surface area contributed by atoms with Gasteiger partial charge in [-0.3, -0.25) is 9.69 Å². The summed E-state index contributed by atoms with van der Waals surface area (Å²) in [5.41, 5.74) is 5.37. The molecule has 0 unspecified atom stereocenters. The SMILES string of the molecule is C#Cc1cc(C2CCN(C3CN(C(=O)C=C)C3)CC2)cc2c1OCc1c(C3CCOCC3)ccnc1N2. The third-order valence-corrected chi connectivity index (χ3v) is 8.50. The summed E-state index contributed by atoms with van der Waals surface area (Å²) < 4.78 is 11.9. The molecule has 1 N–H and O–H groups in total. The van der Waals surface area contributed by atoms with Gasteiger partial charge in [-0.1, -0.05) is 12.5 Å². The molecule has 0 bridgehead atoms. The van der Waals surface area contributed by atoms with E-state index in [1.165, 1.54) is 17.2 Å². The molecular formula is C30H34N4O3. The van der Waals surface area contributed by atoms with Crippen molar-refractivity contribution >= 4 is 17.4 Å².